The number of hydrogen-bond acceptors (Lipinski definition) is 10. The maximum Gasteiger partial charge on any atom is 0.324 e. The molecule has 0 unspecified atom stereocenters. The van der Waals surface area contributed by atoms with Gasteiger partial charge in [0, 0.05) is 60.1 Å². The molecular weight excluding hydrogens is 652 g/mol. The van der Waals surface area contributed by atoms with Gasteiger partial charge in [0.1, 0.15) is 23.1 Å². The number of rotatable bonds is 13. The van der Waals surface area contributed by atoms with Crippen molar-refractivity contribution in [3.63, 3.8) is 0 Å². The predicted octanol–water partition coefficient (Wildman–Crippen LogP) is 6.70. The third-order valence-corrected chi connectivity index (χ3v) is 7.62. The van der Waals surface area contributed by atoms with Crippen molar-refractivity contribution in [2.75, 3.05) is 50.4 Å². The molecule has 14 nitrogen and oxygen atoms in total. The number of carbonyl (C=O) groups excluding carboxylic acids is 2. The Labute approximate surface area is 293 Å². The summed E-state index contributed by atoms with van der Waals surface area (Å²) < 4.78 is 23.6. The number of amides is 3. The van der Waals surface area contributed by atoms with Gasteiger partial charge in [0.2, 0.25) is 11.8 Å². The van der Waals surface area contributed by atoms with Gasteiger partial charge in [0.25, 0.3) is 5.91 Å². The van der Waals surface area contributed by atoms with Crippen molar-refractivity contribution in [1.82, 2.24) is 25.1 Å². The Kier molecular flexibility index (Phi) is 10.5. The third-order valence-electron chi connectivity index (χ3n) is 7.62. The standard InChI is InChI=1S/C37H36N8O6/c1-23-19-33(45(44-23)26-9-11-27(49-3)12-10-26)42-37(47)41-31-13-14-32(30-8-6-5-7-29(30)31)51-34-15-16-39-36(43-34)40-25-20-24(21-28(22-25)50-4)35(46)38-17-18-48-2/h5-16,19-22H,17-18H2,1-4H3,(H,38,46)(H,39,40,43)(H2,41,42,47). The van der Waals surface area contributed by atoms with E-state index in [0.717, 1.165) is 27.9 Å². The van der Waals surface area contributed by atoms with Gasteiger partial charge in [-0.2, -0.15) is 10.1 Å². The Hall–Kier alpha value is -6.67. The number of benzene rings is 4. The van der Waals surface area contributed by atoms with Crippen LogP contribution >= 0.6 is 0 Å². The number of anilines is 4. The number of urea groups is 1. The van der Waals surface area contributed by atoms with E-state index in [4.69, 9.17) is 18.9 Å². The van der Waals surface area contributed by atoms with Crippen molar-refractivity contribution in [2.24, 2.45) is 0 Å². The van der Waals surface area contributed by atoms with E-state index in [1.165, 1.54) is 7.11 Å². The molecule has 0 saturated carbocycles. The molecule has 4 aromatic carbocycles. The summed E-state index contributed by atoms with van der Waals surface area (Å²) in [7, 11) is 4.69. The molecule has 0 fully saturated rings. The topological polar surface area (TPSA) is 163 Å². The molecule has 2 heterocycles. The highest BCUT2D eigenvalue weighted by molar-refractivity contribution is 6.07. The SMILES string of the molecule is COCCNC(=O)c1cc(Nc2nccc(Oc3ccc(NC(=O)Nc4cc(C)nn4-c4ccc(OC)cc4)c4ccccc34)n2)cc(OC)c1. The average Bonchev–Trinajstić information content (AvgIpc) is 3.51. The van der Waals surface area contributed by atoms with Crippen molar-refractivity contribution >= 4 is 45.9 Å². The summed E-state index contributed by atoms with van der Waals surface area (Å²) in [6, 6.07) is 26.5. The zero-order valence-corrected chi connectivity index (χ0v) is 28.4. The summed E-state index contributed by atoms with van der Waals surface area (Å²) in [6.07, 6.45) is 1.56. The summed E-state index contributed by atoms with van der Waals surface area (Å²) in [6.45, 7) is 2.62. The van der Waals surface area contributed by atoms with Crippen LogP contribution in [0.3, 0.4) is 0 Å². The Bertz CT molecular complexity index is 2170. The normalized spacial score (nSPS) is 10.7. The lowest BCUT2D eigenvalue weighted by Crippen LogP contribution is -2.27. The van der Waals surface area contributed by atoms with E-state index in [-0.39, 0.29) is 17.7 Å². The number of nitrogens with zero attached hydrogens (tertiary/aromatic N) is 4. The second-order valence-electron chi connectivity index (χ2n) is 11.2. The first-order valence-corrected chi connectivity index (χ1v) is 15.9. The van der Waals surface area contributed by atoms with Crippen molar-refractivity contribution < 1.29 is 28.5 Å². The Morgan fingerprint density at radius 1 is 0.824 bits per heavy atom. The molecule has 2 aromatic heterocycles. The number of fused-ring (bicyclic) bond motifs is 1. The number of hydrogen-bond donors (Lipinski definition) is 4. The summed E-state index contributed by atoms with van der Waals surface area (Å²) in [5.41, 5.74) is 3.03. The largest absolute Gasteiger partial charge is 0.497 e. The maximum atomic E-state index is 13.3. The number of nitrogens with one attached hydrogen (secondary N) is 4. The van der Waals surface area contributed by atoms with E-state index in [0.29, 0.717) is 47.4 Å². The summed E-state index contributed by atoms with van der Waals surface area (Å²) >= 11 is 0. The molecule has 51 heavy (non-hydrogen) atoms. The van der Waals surface area contributed by atoms with Crippen molar-refractivity contribution in [2.45, 2.75) is 6.92 Å². The van der Waals surface area contributed by atoms with Crippen molar-refractivity contribution in [1.29, 1.82) is 0 Å². The molecule has 0 spiro atoms. The van der Waals surface area contributed by atoms with Crippen LogP contribution in [0.1, 0.15) is 16.1 Å². The lowest BCUT2D eigenvalue weighted by atomic mass is 10.1. The number of ether oxygens (including phenoxy) is 4. The molecule has 0 atom stereocenters. The zero-order chi connectivity index (χ0) is 35.7. The van der Waals surface area contributed by atoms with E-state index in [1.807, 2.05) is 55.5 Å². The molecule has 3 amide bonds. The molecule has 0 bridgehead atoms. The van der Waals surface area contributed by atoms with Crippen LogP contribution in [0.25, 0.3) is 16.5 Å². The minimum absolute atomic E-state index is 0.245. The Morgan fingerprint density at radius 2 is 1.61 bits per heavy atom. The average molecular weight is 689 g/mol. The van der Waals surface area contributed by atoms with Gasteiger partial charge in [-0.15, -0.1) is 0 Å². The molecule has 0 saturated heterocycles. The monoisotopic (exact) mass is 688 g/mol. The lowest BCUT2D eigenvalue weighted by Gasteiger charge is -2.14. The predicted molar refractivity (Wildman–Crippen MR) is 194 cm³/mol. The van der Waals surface area contributed by atoms with Crippen molar-refractivity contribution in [3.8, 4) is 28.8 Å². The number of aryl methyl sites for hydroxylation is 1. The van der Waals surface area contributed by atoms with Gasteiger partial charge < -0.3 is 34.9 Å². The van der Waals surface area contributed by atoms with E-state index in [9.17, 15) is 9.59 Å². The van der Waals surface area contributed by atoms with Crippen LogP contribution in [-0.2, 0) is 4.74 Å². The van der Waals surface area contributed by atoms with Crippen LogP contribution < -0.4 is 35.5 Å². The molecule has 4 N–H and O–H groups in total. The smallest absolute Gasteiger partial charge is 0.324 e. The summed E-state index contributed by atoms with van der Waals surface area (Å²) in [5, 5.41) is 17.8. The molecular formula is C37H36N8O6. The van der Waals surface area contributed by atoms with Crippen molar-refractivity contribution in [3.05, 3.63) is 108 Å². The van der Waals surface area contributed by atoms with Gasteiger partial charge in [0.05, 0.1) is 37.9 Å². The fourth-order valence-corrected chi connectivity index (χ4v) is 5.24. The van der Waals surface area contributed by atoms with Gasteiger partial charge in [-0.1, -0.05) is 24.3 Å². The quantitative estimate of drug-likeness (QED) is 0.0961. The minimum atomic E-state index is -0.442. The molecule has 0 aliphatic heterocycles. The maximum absolute atomic E-state index is 13.3. The van der Waals surface area contributed by atoms with Crippen LogP contribution in [0.15, 0.2) is 97.2 Å². The Morgan fingerprint density at radius 3 is 2.37 bits per heavy atom. The van der Waals surface area contributed by atoms with Crippen LogP contribution in [0.2, 0.25) is 0 Å². The zero-order valence-electron chi connectivity index (χ0n) is 28.4. The van der Waals surface area contributed by atoms with E-state index >= 15 is 0 Å². The van der Waals surface area contributed by atoms with E-state index < -0.39 is 6.03 Å². The summed E-state index contributed by atoms with van der Waals surface area (Å²) in [4.78, 5) is 34.8. The van der Waals surface area contributed by atoms with Crippen LogP contribution in [0.5, 0.6) is 23.1 Å². The summed E-state index contributed by atoms with van der Waals surface area (Å²) in [5.74, 6) is 2.47. The molecule has 6 aromatic rings. The number of aromatic nitrogens is 4. The van der Waals surface area contributed by atoms with E-state index in [1.54, 1.807) is 67.6 Å². The highest BCUT2D eigenvalue weighted by Gasteiger charge is 2.15. The van der Waals surface area contributed by atoms with Gasteiger partial charge in [-0.3, -0.25) is 10.1 Å². The first-order chi connectivity index (χ1) is 24.8. The lowest BCUT2D eigenvalue weighted by molar-refractivity contribution is 0.0936. The highest BCUT2D eigenvalue weighted by atomic mass is 16.5. The number of carbonyl (C=O) groups is 2. The van der Waals surface area contributed by atoms with Crippen LogP contribution in [0.4, 0.5) is 27.9 Å². The van der Waals surface area contributed by atoms with Gasteiger partial charge in [0.15, 0.2) is 0 Å². The highest BCUT2D eigenvalue weighted by Crippen LogP contribution is 2.34. The molecule has 0 aliphatic rings. The Balaban J connectivity index is 1.18. The molecule has 6 rings (SSSR count). The second-order valence-corrected chi connectivity index (χ2v) is 11.2. The van der Waals surface area contributed by atoms with E-state index in [2.05, 4.69) is 36.3 Å². The first-order valence-electron chi connectivity index (χ1n) is 15.9. The second kappa shape index (κ2) is 15.7. The molecule has 260 valence electrons. The third kappa shape index (κ3) is 8.32. The van der Waals surface area contributed by atoms with Crippen LogP contribution in [-0.4, -0.2) is 66.2 Å². The molecule has 0 aliphatic carbocycles. The van der Waals surface area contributed by atoms with Gasteiger partial charge in [-0.05, 0) is 55.5 Å². The van der Waals surface area contributed by atoms with Gasteiger partial charge >= 0.3 is 6.03 Å². The molecule has 14 heteroatoms. The fraction of sp³-hybridized carbons (Fsp3) is 0.162. The van der Waals surface area contributed by atoms with Crippen LogP contribution in [0, 0.1) is 6.92 Å². The van der Waals surface area contributed by atoms with Gasteiger partial charge in [-0.25, -0.2) is 14.5 Å². The number of methoxy groups -OCH3 is 3. The minimum Gasteiger partial charge on any atom is -0.497 e. The molecule has 0 radical (unpaired) electrons. The first kappa shape index (κ1) is 34.2. The fourth-order valence-electron chi connectivity index (χ4n) is 5.24.